The molecule has 3 aromatic rings. The molecule has 0 spiro atoms. The molecule has 11 heteroatoms. The zero-order valence-corrected chi connectivity index (χ0v) is 16.3. The Morgan fingerprint density at radius 1 is 1.29 bits per heavy atom. The number of anilines is 1. The summed E-state index contributed by atoms with van der Waals surface area (Å²) in [5.74, 6) is -2.29. The number of hydrogen-bond donors (Lipinski definition) is 2. The molecule has 0 amide bonds. The van der Waals surface area contributed by atoms with Crippen LogP contribution in [-0.2, 0) is 6.54 Å². The second-order valence-electron chi connectivity index (χ2n) is 6.64. The molecule has 0 radical (unpaired) electrons. The number of alkyl halides is 2. The van der Waals surface area contributed by atoms with Crippen LogP contribution in [0.3, 0.4) is 0 Å². The van der Waals surface area contributed by atoms with E-state index in [0.29, 0.717) is 22.7 Å². The molecule has 0 saturated carbocycles. The molecule has 3 heterocycles. The molecule has 7 nitrogen and oxygen atoms in total. The van der Waals surface area contributed by atoms with Crippen LogP contribution in [0.2, 0.25) is 5.02 Å². The Bertz CT molecular complexity index is 1020. The molecule has 1 atom stereocenters. The van der Waals surface area contributed by atoms with Gasteiger partial charge in [-0.15, -0.1) is 5.10 Å². The quantitative estimate of drug-likeness (QED) is 0.611. The highest BCUT2D eigenvalue weighted by Crippen LogP contribution is 2.34. The third kappa shape index (κ3) is 3.63. The highest BCUT2D eigenvalue weighted by atomic mass is 35.5. The third-order valence-electron chi connectivity index (χ3n) is 4.58. The first kappa shape index (κ1) is 19.3. The summed E-state index contributed by atoms with van der Waals surface area (Å²) in [5.41, 5.74) is 1.52. The molecule has 1 unspecified atom stereocenters. The Labute approximate surface area is 169 Å². The van der Waals surface area contributed by atoms with Gasteiger partial charge in [-0.25, -0.2) is 23.4 Å². The molecule has 1 fully saturated rings. The number of thiol groups is 1. The number of nitrogens with zero attached hydrogens (tertiary/aromatic N) is 6. The van der Waals surface area contributed by atoms with Crippen molar-refractivity contribution >= 4 is 41.2 Å². The molecule has 0 bridgehead atoms. The zero-order chi connectivity index (χ0) is 19.9. The Kier molecular flexibility index (Phi) is 5.11. The molecule has 28 heavy (non-hydrogen) atoms. The van der Waals surface area contributed by atoms with E-state index in [1.807, 2.05) is 18.2 Å². The van der Waals surface area contributed by atoms with Gasteiger partial charge in [0.05, 0.1) is 24.9 Å². The van der Waals surface area contributed by atoms with Gasteiger partial charge in [0.25, 0.3) is 5.92 Å². The molecule has 2 aromatic heterocycles. The van der Waals surface area contributed by atoms with Gasteiger partial charge in [0.15, 0.2) is 17.0 Å². The lowest BCUT2D eigenvalue weighted by Crippen LogP contribution is -2.26. The number of aliphatic hydroxyl groups excluding tert-OH is 1. The van der Waals surface area contributed by atoms with Crippen molar-refractivity contribution in [3.63, 3.8) is 0 Å². The van der Waals surface area contributed by atoms with Gasteiger partial charge >= 0.3 is 0 Å². The Hall–Kier alpha value is -2.04. The zero-order valence-electron chi connectivity index (χ0n) is 14.6. The molecule has 1 aliphatic heterocycles. The van der Waals surface area contributed by atoms with Crippen molar-refractivity contribution in [2.45, 2.75) is 24.1 Å². The van der Waals surface area contributed by atoms with Crippen LogP contribution in [-0.4, -0.2) is 55.7 Å². The largest absolute Gasteiger partial charge is 0.395 e. The summed E-state index contributed by atoms with van der Waals surface area (Å²) in [5, 5.41) is 17.6. The van der Waals surface area contributed by atoms with Crippen LogP contribution in [0.4, 0.5) is 14.6 Å². The molecule has 1 aliphatic rings. The maximum absolute atomic E-state index is 13.7. The van der Waals surface area contributed by atoms with Gasteiger partial charge in [0.2, 0.25) is 0 Å². The fraction of sp³-hybridized carbons (Fsp3) is 0.412. The first-order chi connectivity index (χ1) is 13.4. The van der Waals surface area contributed by atoms with Crippen molar-refractivity contribution < 1.29 is 13.9 Å². The van der Waals surface area contributed by atoms with Crippen molar-refractivity contribution in [1.82, 2.24) is 25.0 Å². The van der Waals surface area contributed by atoms with E-state index in [1.54, 1.807) is 6.07 Å². The highest BCUT2D eigenvalue weighted by molar-refractivity contribution is 7.80. The van der Waals surface area contributed by atoms with Crippen molar-refractivity contribution in [3.8, 4) is 0 Å². The Morgan fingerprint density at radius 3 is 2.75 bits per heavy atom. The number of benzene rings is 1. The van der Waals surface area contributed by atoms with Gasteiger partial charge < -0.3 is 10.0 Å². The summed E-state index contributed by atoms with van der Waals surface area (Å²) in [6.07, 6.45) is -0.258. The number of rotatable bonds is 5. The number of aromatic nitrogens is 5. The molecule has 1 N–H and O–H groups in total. The van der Waals surface area contributed by atoms with Crippen LogP contribution >= 0.6 is 24.2 Å². The van der Waals surface area contributed by atoms with Gasteiger partial charge in [0, 0.05) is 18.0 Å². The summed E-state index contributed by atoms with van der Waals surface area (Å²) >= 11 is 10.5. The van der Waals surface area contributed by atoms with Gasteiger partial charge in [-0.05, 0) is 11.6 Å². The second kappa shape index (κ2) is 7.41. The third-order valence-corrected chi connectivity index (χ3v) is 5.34. The summed E-state index contributed by atoms with van der Waals surface area (Å²) in [7, 11) is 0. The van der Waals surface area contributed by atoms with Crippen molar-refractivity contribution in [2.75, 3.05) is 24.6 Å². The van der Waals surface area contributed by atoms with E-state index in [2.05, 4.69) is 32.9 Å². The first-order valence-electron chi connectivity index (χ1n) is 8.64. The van der Waals surface area contributed by atoms with E-state index >= 15 is 0 Å². The maximum atomic E-state index is 13.7. The maximum Gasteiger partial charge on any atom is 0.266 e. The molecular weight excluding hydrogens is 410 g/mol. The summed E-state index contributed by atoms with van der Waals surface area (Å²) in [4.78, 5) is 10.3. The fourth-order valence-corrected chi connectivity index (χ4v) is 3.43. The summed E-state index contributed by atoms with van der Waals surface area (Å²) in [6, 6.07) is 7.30. The Morgan fingerprint density at radius 2 is 2.07 bits per heavy atom. The number of aliphatic hydroxyl groups is 1. The van der Waals surface area contributed by atoms with Crippen LogP contribution in [0.1, 0.15) is 23.1 Å². The smallest absolute Gasteiger partial charge is 0.266 e. The molecule has 1 saturated heterocycles. The fourth-order valence-electron chi connectivity index (χ4n) is 3.12. The predicted molar refractivity (Wildman–Crippen MR) is 104 cm³/mol. The molecule has 1 aromatic carbocycles. The minimum absolute atomic E-state index is 0.145. The van der Waals surface area contributed by atoms with Gasteiger partial charge in [0.1, 0.15) is 5.82 Å². The lowest BCUT2D eigenvalue weighted by molar-refractivity contribution is 0.0257. The monoisotopic (exact) mass is 426 g/mol. The lowest BCUT2D eigenvalue weighted by Gasteiger charge is -2.18. The van der Waals surface area contributed by atoms with E-state index < -0.39 is 17.7 Å². The van der Waals surface area contributed by atoms with Gasteiger partial charge in [-0.3, -0.25) is 0 Å². The SMILES string of the molecule is OCC(S)c1nc(N2CCC(F)(F)C2)c2nnn(Cc3ccccc3Cl)c2n1. The van der Waals surface area contributed by atoms with Crippen LogP contribution in [0.5, 0.6) is 0 Å². The molecular formula is C17H17ClF2N6OS. The minimum atomic E-state index is -2.79. The first-order valence-corrected chi connectivity index (χ1v) is 9.53. The highest BCUT2D eigenvalue weighted by Gasteiger charge is 2.40. The molecule has 4 rings (SSSR count). The van der Waals surface area contributed by atoms with E-state index in [4.69, 9.17) is 11.6 Å². The van der Waals surface area contributed by atoms with Gasteiger partial charge in [-0.2, -0.15) is 12.6 Å². The number of halogens is 3. The van der Waals surface area contributed by atoms with Crippen molar-refractivity contribution in [2.24, 2.45) is 0 Å². The van der Waals surface area contributed by atoms with Crippen LogP contribution in [0.15, 0.2) is 24.3 Å². The van der Waals surface area contributed by atoms with Crippen molar-refractivity contribution in [3.05, 3.63) is 40.7 Å². The summed E-state index contributed by atoms with van der Waals surface area (Å²) < 4.78 is 29.0. The van der Waals surface area contributed by atoms with E-state index in [9.17, 15) is 13.9 Å². The minimum Gasteiger partial charge on any atom is -0.395 e. The van der Waals surface area contributed by atoms with Crippen molar-refractivity contribution in [1.29, 1.82) is 0 Å². The second-order valence-corrected chi connectivity index (χ2v) is 7.67. The average Bonchev–Trinajstić information content (AvgIpc) is 3.25. The standard InChI is InChI=1S/C17H17ClF2N6OS/c18-11-4-2-1-3-10(11)7-26-16-13(23-24-26)15(21-14(22-16)12(28)8-27)25-6-5-17(19,20)9-25/h1-4,12,27-28H,5-9H2. The number of fused-ring (bicyclic) bond motifs is 1. The Balaban J connectivity index is 1.81. The molecule has 148 valence electrons. The van der Waals surface area contributed by atoms with Crippen LogP contribution in [0.25, 0.3) is 11.2 Å². The topological polar surface area (TPSA) is 80.0 Å². The van der Waals surface area contributed by atoms with Crippen LogP contribution in [0, 0.1) is 0 Å². The number of hydrogen-bond acceptors (Lipinski definition) is 7. The van der Waals surface area contributed by atoms with E-state index in [-0.39, 0.29) is 31.2 Å². The summed E-state index contributed by atoms with van der Waals surface area (Å²) in [6.45, 7) is -0.298. The van der Waals surface area contributed by atoms with E-state index in [1.165, 1.54) is 9.58 Å². The van der Waals surface area contributed by atoms with Gasteiger partial charge in [-0.1, -0.05) is 35.0 Å². The predicted octanol–water partition coefficient (Wildman–Crippen LogP) is 2.73. The average molecular weight is 427 g/mol. The van der Waals surface area contributed by atoms with Crippen LogP contribution < -0.4 is 4.90 Å². The normalized spacial score (nSPS) is 17.4. The van der Waals surface area contributed by atoms with E-state index in [0.717, 1.165) is 5.56 Å². The lowest BCUT2D eigenvalue weighted by atomic mass is 10.2. The molecule has 0 aliphatic carbocycles.